The summed E-state index contributed by atoms with van der Waals surface area (Å²) in [6, 6.07) is 7.60. The largest absolute Gasteiger partial charge is 0.393 e. The third-order valence-corrected chi connectivity index (χ3v) is 10.6. The van der Waals surface area contributed by atoms with E-state index in [9.17, 15) is 19.8 Å². The number of Topliss-reactive ketones (excluding diaryl/α,β-unsaturated/α-hetero) is 1. The van der Waals surface area contributed by atoms with Crippen LogP contribution in [0, 0.1) is 34.5 Å². The van der Waals surface area contributed by atoms with Gasteiger partial charge in [-0.3, -0.25) is 14.4 Å². The third-order valence-electron chi connectivity index (χ3n) is 10.4. The minimum Gasteiger partial charge on any atom is -0.393 e. The van der Waals surface area contributed by atoms with Gasteiger partial charge < -0.3 is 10.2 Å². The lowest BCUT2D eigenvalue weighted by Crippen LogP contribution is -2.63. The Balaban J connectivity index is 1.34. The van der Waals surface area contributed by atoms with Crippen molar-refractivity contribution in [3.63, 3.8) is 0 Å². The Kier molecular flexibility index (Phi) is 5.67. The average Bonchev–Trinajstić information content (AvgIpc) is 3.32. The van der Waals surface area contributed by atoms with E-state index in [0.29, 0.717) is 24.5 Å². The van der Waals surface area contributed by atoms with Gasteiger partial charge in [0, 0.05) is 40.8 Å². The van der Waals surface area contributed by atoms with Crippen LogP contribution in [0.15, 0.2) is 48.1 Å². The lowest BCUT2D eigenvalue weighted by atomic mass is 9.46. The number of aliphatic hydroxyl groups is 2. The van der Waals surface area contributed by atoms with Gasteiger partial charge in [-0.05, 0) is 67.4 Å². The standard InChI is InChI=1S/C29H34ClNO5/c1-27-10-9-21(33)11-18(27)5-8-22-23-12-19-15-31(14-17-3-6-20(30)7-4-17)36-29(19,25(35)16-32)28(23,2)13-24(34)26(22)27/h3-4,6-7,9-11,19,22-24,26,32,34H,5,8,12-16H2,1-2H3/t19-,22-,23-,24-,26+,27-,28-,29-/m0/s1. The second kappa shape index (κ2) is 8.34. The quantitative estimate of drug-likeness (QED) is 0.637. The van der Waals surface area contributed by atoms with Gasteiger partial charge in [0.15, 0.2) is 17.2 Å². The minimum absolute atomic E-state index is 0.00907. The van der Waals surface area contributed by atoms with Crippen LogP contribution in [0.4, 0.5) is 0 Å². The number of nitrogens with zero attached hydrogens (tertiary/aromatic N) is 1. The van der Waals surface area contributed by atoms with Gasteiger partial charge in [0.2, 0.25) is 0 Å². The molecule has 6 nitrogen and oxygen atoms in total. The molecule has 1 heterocycles. The fourth-order valence-electron chi connectivity index (χ4n) is 8.95. The van der Waals surface area contributed by atoms with Gasteiger partial charge in [-0.15, -0.1) is 0 Å². The molecule has 0 amide bonds. The molecule has 0 aromatic heterocycles. The molecule has 0 unspecified atom stereocenters. The molecule has 36 heavy (non-hydrogen) atoms. The fourth-order valence-corrected chi connectivity index (χ4v) is 9.07. The SMILES string of the molecule is C[C@]12C=CC(=O)C=C1CC[C@@H]1[C@@H]2[C@@H](O)C[C@@]2(C)[C@H]1C[C@H]1CN(Cc3ccc(Cl)cc3)O[C@]12C(=O)CO. The molecular formula is C29H34ClNO5. The Labute approximate surface area is 216 Å². The molecule has 192 valence electrons. The van der Waals surface area contributed by atoms with Crippen LogP contribution >= 0.6 is 11.6 Å². The Morgan fingerprint density at radius 1 is 1.25 bits per heavy atom. The maximum Gasteiger partial charge on any atom is 0.192 e. The van der Waals surface area contributed by atoms with E-state index in [0.717, 1.165) is 30.4 Å². The molecule has 6 rings (SSSR count). The zero-order chi connectivity index (χ0) is 25.5. The number of hydrogen-bond donors (Lipinski definition) is 2. The molecule has 4 aliphatic carbocycles. The first-order valence-electron chi connectivity index (χ1n) is 13.1. The highest BCUT2D eigenvalue weighted by Gasteiger charge is 2.75. The summed E-state index contributed by atoms with van der Waals surface area (Å²) in [6.07, 6.45) is 7.73. The second-order valence-electron chi connectivity index (χ2n) is 12.0. The van der Waals surface area contributed by atoms with Crippen LogP contribution in [0.1, 0.15) is 45.1 Å². The van der Waals surface area contributed by atoms with Crippen molar-refractivity contribution in [1.29, 1.82) is 0 Å². The molecule has 1 aliphatic heterocycles. The summed E-state index contributed by atoms with van der Waals surface area (Å²) in [5.74, 6) is 0.0685. The molecule has 1 aromatic rings. The van der Waals surface area contributed by atoms with Crippen molar-refractivity contribution in [3.8, 4) is 0 Å². The number of carbonyl (C=O) groups excluding carboxylic acids is 2. The maximum atomic E-state index is 13.6. The summed E-state index contributed by atoms with van der Waals surface area (Å²) in [5, 5.41) is 24.3. The lowest BCUT2D eigenvalue weighted by Gasteiger charge is -2.59. The van der Waals surface area contributed by atoms with Gasteiger partial charge in [0.1, 0.15) is 6.61 Å². The number of fused-ring (bicyclic) bond motifs is 7. The predicted octanol–water partition coefficient (Wildman–Crippen LogP) is 3.89. The Hall–Kier alpha value is -1.83. The van der Waals surface area contributed by atoms with E-state index in [2.05, 4.69) is 13.8 Å². The van der Waals surface area contributed by atoms with Gasteiger partial charge in [-0.25, -0.2) is 0 Å². The predicted molar refractivity (Wildman–Crippen MR) is 135 cm³/mol. The summed E-state index contributed by atoms with van der Waals surface area (Å²) in [5.41, 5.74) is 0.0436. The first-order valence-corrected chi connectivity index (χ1v) is 13.4. The van der Waals surface area contributed by atoms with Crippen LogP contribution < -0.4 is 0 Å². The number of hydrogen-bond acceptors (Lipinski definition) is 6. The van der Waals surface area contributed by atoms with Gasteiger partial charge >= 0.3 is 0 Å². The van der Waals surface area contributed by atoms with Crippen molar-refractivity contribution in [2.45, 2.75) is 57.8 Å². The molecule has 5 aliphatic rings. The summed E-state index contributed by atoms with van der Waals surface area (Å²) in [4.78, 5) is 32.3. The first-order chi connectivity index (χ1) is 17.1. The van der Waals surface area contributed by atoms with Gasteiger partial charge in [0.05, 0.1) is 6.10 Å². The summed E-state index contributed by atoms with van der Waals surface area (Å²) in [6.45, 7) is 4.80. The Bertz CT molecular complexity index is 1160. The second-order valence-corrected chi connectivity index (χ2v) is 12.4. The number of halogens is 1. The minimum atomic E-state index is -1.15. The van der Waals surface area contributed by atoms with Crippen LogP contribution in [0.3, 0.4) is 0 Å². The molecule has 1 saturated heterocycles. The van der Waals surface area contributed by atoms with Crippen LogP contribution in [-0.4, -0.2) is 51.7 Å². The molecular weight excluding hydrogens is 478 g/mol. The van der Waals surface area contributed by atoms with Crippen LogP contribution in [0.25, 0.3) is 0 Å². The van der Waals surface area contributed by atoms with Gasteiger partial charge in [-0.1, -0.05) is 49.2 Å². The monoisotopic (exact) mass is 511 g/mol. The first kappa shape index (κ1) is 24.5. The Morgan fingerprint density at radius 2 is 2.00 bits per heavy atom. The Morgan fingerprint density at radius 3 is 2.72 bits per heavy atom. The van der Waals surface area contributed by atoms with E-state index in [1.54, 1.807) is 12.2 Å². The molecule has 0 bridgehead atoms. The van der Waals surface area contributed by atoms with E-state index in [4.69, 9.17) is 16.4 Å². The summed E-state index contributed by atoms with van der Waals surface area (Å²) < 4.78 is 0. The average molecular weight is 512 g/mol. The molecule has 1 aromatic carbocycles. The van der Waals surface area contributed by atoms with Crippen molar-refractivity contribution in [2.75, 3.05) is 13.2 Å². The normalized spacial score (nSPS) is 43.4. The highest BCUT2D eigenvalue weighted by molar-refractivity contribution is 6.30. The van der Waals surface area contributed by atoms with Crippen LogP contribution in [-0.2, 0) is 21.0 Å². The van der Waals surface area contributed by atoms with Crippen molar-refractivity contribution in [3.05, 3.63) is 58.7 Å². The maximum absolute atomic E-state index is 13.6. The van der Waals surface area contributed by atoms with Gasteiger partial charge in [0.25, 0.3) is 0 Å². The number of hydroxylamine groups is 2. The molecule has 7 heteroatoms. The number of allylic oxidation sites excluding steroid dienone is 4. The molecule has 0 spiro atoms. The van der Waals surface area contributed by atoms with Crippen molar-refractivity contribution < 1.29 is 24.6 Å². The summed E-state index contributed by atoms with van der Waals surface area (Å²) >= 11 is 6.05. The highest BCUT2D eigenvalue weighted by Crippen LogP contribution is 2.70. The molecule has 4 fully saturated rings. The lowest BCUT2D eigenvalue weighted by molar-refractivity contribution is -0.254. The molecule has 0 radical (unpaired) electrons. The topological polar surface area (TPSA) is 87.1 Å². The van der Waals surface area contributed by atoms with Crippen molar-refractivity contribution in [2.24, 2.45) is 34.5 Å². The van der Waals surface area contributed by atoms with E-state index < -0.39 is 23.7 Å². The highest BCUT2D eigenvalue weighted by atomic mass is 35.5. The smallest absolute Gasteiger partial charge is 0.192 e. The number of aliphatic hydroxyl groups excluding tert-OH is 2. The van der Waals surface area contributed by atoms with Gasteiger partial charge in [-0.2, -0.15) is 5.06 Å². The zero-order valence-corrected chi connectivity index (χ0v) is 21.6. The molecule has 3 saturated carbocycles. The number of carbonyl (C=O) groups is 2. The summed E-state index contributed by atoms with van der Waals surface area (Å²) in [7, 11) is 0. The van der Waals surface area contributed by atoms with Crippen LogP contribution in [0.2, 0.25) is 5.02 Å². The number of benzene rings is 1. The number of rotatable bonds is 4. The third kappa shape index (κ3) is 3.24. The van der Waals surface area contributed by atoms with E-state index >= 15 is 0 Å². The van der Waals surface area contributed by atoms with Crippen molar-refractivity contribution in [1.82, 2.24) is 5.06 Å². The van der Waals surface area contributed by atoms with Crippen LogP contribution in [0.5, 0.6) is 0 Å². The molecule has 2 N–H and O–H groups in total. The van der Waals surface area contributed by atoms with E-state index in [1.807, 2.05) is 35.4 Å². The molecule has 8 atom stereocenters. The number of ketones is 2. The van der Waals surface area contributed by atoms with E-state index in [-0.39, 0.29) is 40.7 Å². The van der Waals surface area contributed by atoms with Crippen molar-refractivity contribution >= 4 is 23.2 Å². The zero-order valence-electron chi connectivity index (χ0n) is 20.8. The fraction of sp³-hybridized carbons (Fsp3) is 0.586. The van der Waals surface area contributed by atoms with E-state index in [1.165, 1.54) is 0 Å².